The van der Waals surface area contributed by atoms with Crippen molar-refractivity contribution in [3.05, 3.63) is 70.3 Å². The maximum Gasteiger partial charge on any atom is 0.340 e. The van der Waals surface area contributed by atoms with Crippen molar-refractivity contribution < 1.29 is 23.9 Å². The van der Waals surface area contributed by atoms with Crippen LogP contribution in [0.15, 0.2) is 64.7 Å². The zero-order valence-electron chi connectivity index (χ0n) is 19.1. The molecule has 0 saturated carbocycles. The second kappa shape index (κ2) is 13.5. The second-order valence-electron chi connectivity index (χ2n) is 6.66. The van der Waals surface area contributed by atoms with Crippen molar-refractivity contribution >= 4 is 40.9 Å². The molecule has 2 aromatic rings. The highest BCUT2D eigenvalue weighted by molar-refractivity contribution is 8.03. The van der Waals surface area contributed by atoms with Gasteiger partial charge in [0.25, 0.3) is 0 Å². The molecule has 0 N–H and O–H groups in total. The number of methoxy groups -OCH3 is 2. The SMILES string of the molecule is C.C/C=C(Cc1cccc2ccccc12)\C(C(=O)OC)=C1\SCC(C(=O)OC)N1C=O.CC. The normalized spacial score (nSPS) is 16.8. The quantitative estimate of drug-likeness (QED) is 0.331. The summed E-state index contributed by atoms with van der Waals surface area (Å²) in [5.41, 5.74) is 2.06. The van der Waals surface area contributed by atoms with Crippen LogP contribution in [-0.4, -0.2) is 49.3 Å². The van der Waals surface area contributed by atoms with E-state index in [1.807, 2.05) is 69.3 Å². The van der Waals surface area contributed by atoms with Gasteiger partial charge < -0.3 is 9.47 Å². The standard InChI is InChI=1S/C23H23NO5S.C2H6.CH4/c1-4-15(12-17-10-7-9-16-8-5-6-11-18(16)17)20(23(27)29-3)21-24(14-25)19(13-30-21)22(26)28-2;1-2;/h4-11,14,19H,12-13H2,1-3H3;1-2H3;1H4/b15-4-,21-20-;;. The molecule has 1 unspecified atom stereocenters. The summed E-state index contributed by atoms with van der Waals surface area (Å²) < 4.78 is 9.84. The number of nitrogens with zero attached hydrogens (tertiary/aromatic N) is 1. The summed E-state index contributed by atoms with van der Waals surface area (Å²) in [7, 11) is 2.58. The van der Waals surface area contributed by atoms with E-state index in [1.54, 1.807) is 0 Å². The molecule has 1 atom stereocenters. The van der Waals surface area contributed by atoms with E-state index in [4.69, 9.17) is 9.47 Å². The molecule has 178 valence electrons. The van der Waals surface area contributed by atoms with Crippen LogP contribution in [0.5, 0.6) is 0 Å². The number of benzene rings is 2. The summed E-state index contributed by atoms with van der Waals surface area (Å²) in [5.74, 6) is -0.764. The third kappa shape index (κ3) is 6.05. The van der Waals surface area contributed by atoms with Crippen LogP contribution >= 0.6 is 11.8 Å². The highest BCUT2D eigenvalue weighted by atomic mass is 32.2. The molecule has 33 heavy (non-hydrogen) atoms. The molecule has 0 spiro atoms. The molecule has 3 rings (SSSR count). The van der Waals surface area contributed by atoms with E-state index in [-0.39, 0.29) is 13.0 Å². The van der Waals surface area contributed by atoms with Crippen molar-refractivity contribution in [3.63, 3.8) is 0 Å². The average Bonchev–Trinajstić information content (AvgIpc) is 3.27. The average molecular weight is 472 g/mol. The summed E-state index contributed by atoms with van der Waals surface area (Å²) in [4.78, 5) is 37.9. The lowest BCUT2D eigenvalue weighted by Crippen LogP contribution is -2.37. The molecule has 7 heteroatoms. The van der Waals surface area contributed by atoms with Crippen molar-refractivity contribution in [2.75, 3.05) is 20.0 Å². The first-order valence-corrected chi connectivity index (χ1v) is 11.4. The first-order chi connectivity index (χ1) is 15.5. The van der Waals surface area contributed by atoms with Gasteiger partial charge in [0.2, 0.25) is 6.41 Å². The molecule has 0 aromatic heterocycles. The van der Waals surface area contributed by atoms with E-state index in [0.29, 0.717) is 23.6 Å². The number of allylic oxidation sites excluding steroid dienone is 1. The number of ether oxygens (including phenoxy) is 2. The topological polar surface area (TPSA) is 72.9 Å². The highest BCUT2D eigenvalue weighted by Gasteiger charge is 2.39. The molecule has 2 aromatic carbocycles. The Morgan fingerprint density at radius 1 is 1.09 bits per heavy atom. The zero-order valence-corrected chi connectivity index (χ0v) is 19.9. The molecule has 1 saturated heterocycles. The lowest BCUT2D eigenvalue weighted by atomic mass is 9.94. The van der Waals surface area contributed by atoms with Crippen LogP contribution in [0.3, 0.4) is 0 Å². The Balaban J connectivity index is 0.00000177. The van der Waals surface area contributed by atoms with Gasteiger partial charge in [-0.1, -0.05) is 69.8 Å². The van der Waals surface area contributed by atoms with Gasteiger partial charge in [0.1, 0.15) is 6.04 Å². The fourth-order valence-electron chi connectivity index (χ4n) is 3.54. The van der Waals surface area contributed by atoms with Gasteiger partial charge in [0.05, 0.1) is 24.8 Å². The van der Waals surface area contributed by atoms with Crippen LogP contribution in [0.2, 0.25) is 0 Å². The van der Waals surface area contributed by atoms with Crippen LogP contribution < -0.4 is 0 Å². The van der Waals surface area contributed by atoms with Gasteiger partial charge in [0, 0.05) is 5.75 Å². The Morgan fingerprint density at radius 2 is 1.76 bits per heavy atom. The number of amides is 1. The Kier molecular flexibility index (Phi) is 11.4. The number of carbonyl (C=O) groups excluding carboxylic acids is 3. The first kappa shape index (κ1) is 28.0. The van der Waals surface area contributed by atoms with Crippen LogP contribution in [0.1, 0.15) is 33.8 Å². The smallest absolute Gasteiger partial charge is 0.340 e. The maximum atomic E-state index is 12.8. The van der Waals surface area contributed by atoms with Gasteiger partial charge in [-0.2, -0.15) is 0 Å². The van der Waals surface area contributed by atoms with Crippen molar-refractivity contribution in [2.24, 2.45) is 0 Å². The summed E-state index contributed by atoms with van der Waals surface area (Å²) in [5, 5.41) is 2.60. The number of rotatable bonds is 6. The number of esters is 2. The molecule has 0 radical (unpaired) electrons. The number of hydrogen-bond donors (Lipinski definition) is 0. The van der Waals surface area contributed by atoms with E-state index in [9.17, 15) is 14.4 Å². The lowest BCUT2D eigenvalue weighted by molar-refractivity contribution is -0.147. The van der Waals surface area contributed by atoms with Gasteiger partial charge in [-0.15, -0.1) is 11.8 Å². The van der Waals surface area contributed by atoms with Crippen LogP contribution in [-0.2, 0) is 30.3 Å². The molecule has 6 nitrogen and oxygen atoms in total. The van der Waals surface area contributed by atoms with E-state index in [0.717, 1.165) is 21.9 Å². The fraction of sp³-hybridized carbons (Fsp3) is 0.346. The molecule has 1 heterocycles. The minimum Gasteiger partial charge on any atom is -0.467 e. The maximum absolute atomic E-state index is 12.8. The molecule has 0 aliphatic carbocycles. The van der Waals surface area contributed by atoms with Crippen LogP contribution in [0, 0.1) is 0 Å². The van der Waals surface area contributed by atoms with Gasteiger partial charge >= 0.3 is 11.9 Å². The summed E-state index contributed by atoms with van der Waals surface area (Å²) >= 11 is 1.27. The number of fused-ring (bicyclic) bond motifs is 1. The van der Waals surface area contributed by atoms with Crippen molar-refractivity contribution in [1.29, 1.82) is 0 Å². The third-order valence-corrected chi connectivity index (χ3v) is 6.24. The lowest BCUT2D eigenvalue weighted by Gasteiger charge is -2.21. The van der Waals surface area contributed by atoms with Gasteiger partial charge in [-0.25, -0.2) is 9.59 Å². The molecule has 1 aliphatic heterocycles. The predicted molar refractivity (Wildman–Crippen MR) is 135 cm³/mol. The van der Waals surface area contributed by atoms with Crippen molar-refractivity contribution in [1.82, 2.24) is 4.90 Å². The Morgan fingerprint density at radius 3 is 2.36 bits per heavy atom. The first-order valence-electron chi connectivity index (χ1n) is 10.4. The van der Waals surface area contributed by atoms with Crippen LogP contribution in [0.4, 0.5) is 0 Å². The molecular formula is C26H33NO5S. The van der Waals surface area contributed by atoms with E-state index in [2.05, 4.69) is 0 Å². The molecule has 1 amide bonds. The van der Waals surface area contributed by atoms with Gasteiger partial charge in [-0.3, -0.25) is 9.69 Å². The van der Waals surface area contributed by atoms with E-state index >= 15 is 0 Å². The molecule has 1 aliphatic rings. The van der Waals surface area contributed by atoms with Gasteiger partial charge in [0.15, 0.2) is 0 Å². The van der Waals surface area contributed by atoms with E-state index in [1.165, 1.54) is 30.9 Å². The summed E-state index contributed by atoms with van der Waals surface area (Å²) in [6, 6.07) is 13.3. The number of thioether (sulfide) groups is 1. The number of carbonyl (C=O) groups is 3. The third-order valence-electron chi connectivity index (χ3n) is 5.07. The molecular weight excluding hydrogens is 438 g/mol. The highest BCUT2D eigenvalue weighted by Crippen LogP contribution is 2.38. The molecule has 0 bridgehead atoms. The fourth-order valence-corrected chi connectivity index (χ4v) is 4.83. The molecule has 1 fully saturated rings. The largest absolute Gasteiger partial charge is 0.467 e. The van der Waals surface area contributed by atoms with Crippen molar-refractivity contribution in [3.8, 4) is 0 Å². The summed E-state index contributed by atoms with van der Waals surface area (Å²) in [6.45, 7) is 5.84. The summed E-state index contributed by atoms with van der Waals surface area (Å²) in [6.07, 6.45) is 2.88. The second-order valence-corrected chi connectivity index (χ2v) is 7.67. The number of hydrogen-bond acceptors (Lipinski definition) is 6. The monoisotopic (exact) mass is 471 g/mol. The predicted octanol–water partition coefficient (Wildman–Crippen LogP) is 5.12. The minimum absolute atomic E-state index is 0. The van der Waals surface area contributed by atoms with Crippen LogP contribution in [0.25, 0.3) is 10.8 Å². The Bertz CT molecular complexity index is 1040. The van der Waals surface area contributed by atoms with E-state index < -0.39 is 18.0 Å². The minimum atomic E-state index is -0.775. The zero-order chi connectivity index (χ0) is 23.7. The Hall–Kier alpha value is -3.06. The van der Waals surface area contributed by atoms with Crippen molar-refractivity contribution in [2.45, 2.75) is 40.7 Å². The van der Waals surface area contributed by atoms with Gasteiger partial charge in [-0.05, 0) is 35.3 Å². The Labute approximate surface area is 200 Å².